The van der Waals surface area contributed by atoms with E-state index in [1.54, 1.807) is 6.07 Å². The number of hydrogen-bond acceptors (Lipinski definition) is 7. The lowest BCUT2D eigenvalue weighted by atomic mass is 9.81. The van der Waals surface area contributed by atoms with Gasteiger partial charge >= 0.3 is 0 Å². The number of epoxide rings is 1. The van der Waals surface area contributed by atoms with Crippen LogP contribution in [-0.2, 0) is 32.0 Å². The number of carbonyl (C=O) groups excluding carboxylic acids is 3. The molecule has 0 spiro atoms. The SMILES string of the molecule is CC(C)CC(NC(=O)CC1CCc2c(O)cccc2C1)C(=O)C1(CO)CO1.CO.NC=O. The Morgan fingerprint density at radius 1 is 1.34 bits per heavy atom. The fourth-order valence-corrected chi connectivity index (χ4v) is 3.97. The Hall–Kier alpha value is -2.49. The number of nitrogens with two attached hydrogens (primary N) is 1. The van der Waals surface area contributed by atoms with E-state index in [4.69, 9.17) is 14.6 Å². The molecule has 1 aliphatic heterocycles. The summed E-state index contributed by atoms with van der Waals surface area (Å²) < 4.78 is 5.18. The average molecular weight is 453 g/mol. The van der Waals surface area contributed by atoms with Crippen LogP contribution in [0.25, 0.3) is 0 Å². The van der Waals surface area contributed by atoms with E-state index >= 15 is 0 Å². The van der Waals surface area contributed by atoms with Gasteiger partial charge in [-0.15, -0.1) is 0 Å². The number of aliphatic hydroxyl groups is 2. The highest BCUT2D eigenvalue weighted by atomic mass is 16.6. The minimum absolute atomic E-state index is 0.142. The quantitative estimate of drug-likeness (QED) is 0.282. The first-order chi connectivity index (χ1) is 15.3. The van der Waals surface area contributed by atoms with Gasteiger partial charge in [-0.2, -0.15) is 0 Å². The van der Waals surface area contributed by atoms with Crippen LogP contribution in [0.5, 0.6) is 5.75 Å². The third-order valence-corrected chi connectivity index (χ3v) is 5.59. The van der Waals surface area contributed by atoms with Crippen molar-refractivity contribution < 1.29 is 34.4 Å². The molecule has 6 N–H and O–H groups in total. The number of aliphatic hydroxyl groups excluding tert-OH is 2. The number of phenolic OH excluding ortho intramolecular Hbond substituents is 1. The second kappa shape index (κ2) is 13.1. The highest BCUT2D eigenvalue weighted by molar-refractivity contribution is 5.97. The van der Waals surface area contributed by atoms with Crippen molar-refractivity contribution in [2.24, 2.45) is 17.6 Å². The zero-order valence-electron chi connectivity index (χ0n) is 19.0. The fraction of sp³-hybridized carbons (Fsp3) is 0.609. The zero-order valence-corrected chi connectivity index (χ0v) is 19.0. The molecule has 1 heterocycles. The molecule has 0 saturated carbocycles. The summed E-state index contributed by atoms with van der Waals surface area (Å²) >= 11 is 0. The number of carbonyl (C=O) groups is 3. The molecule has 0 radical (unpaired) electrons. The molecule has 1 aromatic rings. The van der Waals surface area contributed by atoms with Crippen LogP contribution < -0.4 is 11.1 Å². The number of nitrogens with one attached hydrogen (secondary N) is 1. The van der Waals surface area contributed by atoms with Crippen LogP contribution in [0.15, 0.2) is 18.2 Å². The second-order valence-electron chi connectivity index (χ2n) is 8.42. The molecule has 3 atom stereocenters. The maximum atomic E-state index is 12.7. The molecule has 32 heavy (non-hydrogen) atoms. The molecule has 1 aromatic carbocycles. The number of amides is 2. The topological polar surface area (TPSA) is 162 Å². The number of Topliss-reactive ketones (excluding diaryl/α,β-unsaturated/α-hetero) is 1. The molecular weight excluding hydrogens is 416 g/mol. The summed E-state index contributed by atoms with van der Waals surface area (Å²) in [5.74, 6) is 0.385. The van der Waals surface area contributed by atoms with Crippen LogP contribution in [0.3, 0.4) is 0 Å². The molecule has 1 fully saturated rings. The van der Waals surface area contributed by atoms with E-state index in [1.165, 1.54) is 0 Å². The largest absolute Gasteiger partial charge is 0.508 e. The van der Waals surface area contributed by atoms with E-state index in [9.17, 15) is 19.8 Å². The molecule has 2 aliphatic rings. The molecule has 9 heteroatoms. The van der Waals surface area contributed by atoms with Crippen molar-refractivity contribution >= 4 is 18.1 Å². The molecule has 9 nitrogen and oxygen atoms in total. The van der Waals surface area contributed by atoms with Crippen molar-refractivity contribution in [3.05, 3.63) is 29.3 Å². The smallest absolute Gasteiger partial charge is 0.220 e. The minimum atomic E-state index is -1.12. The van der Waals surface area contributed by atoms with Crippen molar-refractivity contribution in [1.82, 2.24) is 5.32 Å². The van der Waals surface area contributed by atoms with E-state index < -0.39 is 11.6 Å². The van der Waals surface area contributed by atoms with Gasteiger partial charge in [-0.25, -0.2) is 0 Å². The predicted molar refractivity (Wildman–Crippen MR) is 119 cm³/mol. The Morgan fingerprint density at radius 2 is 1.97 bits per heavy atom. The van der Waals surface area contributed by atoms with Crippen LogP contribution in [0.1, 0.15) is 44.2 Å². The Balaban J connectivity index is 0.000000944. The second-order valence-corrected chi connectivity index (χ2v) is 8.42. The molecule has 1 aliphatic carbocycles. The van der Waals surface area contributed by atoms with Crippen LogP contribution in [-0.4, -0.2) is 65.4 Å². The zero-order chi connectivity index (χ0) is 24.3. The number of ketones is 1. The van der Waals surface area contributed by atoms with Crippen molar-refractivity contribution in [3.8, 4) is 5.75 Å². The fourth-order valence-electron chi connectivity index (χ4n) is 3.97. The van der Waals surface area contributed by atoms with Gasteiger partial charge in [0.15, 0.2) is 11.4 Å². The number of hydrogen-bond donors (Lipinski definition) is 5. The Labute approximate surface area is 189 Å². The summed E-state index contributed by atoms with van der Waals surface area (Å²) in [5, 5.41) is 29.3. The molecular formula is C23H36N2O7. The first-order valence-electron chi connectivity index (χ1n) is 10.7. The molecule has 2 amide bonds. The van der Waals surface area contributed by atoms with Gasteiger partial charge < -0.3 is 31.1 Å². The number of primary amides is 1. The van der Waals surface area contributed by atoms with Gasteiger partial charge in [0.1, 0.15) is 5.75 Å². The first kappa shape index (κ1) is 27.5. The van der Waals surface area contributed by atoms with Gasteiger partial charge in [0.25, 0.3) is 0 Å². The number of ether oxygens (including phenoxy) is 1. The van der Waals surface area contributed by atoms with Crippen LogP contribution in [0.4, 0.5) is 0 Å². The highest BCUT2D eigenvalue weighted by Gasteiger charge is 2.54. The molecule has 1 saturated heterocycles. The van der Waals surface area contributed by atoms with E-state index in [1.807, 2.05) is 26.0 Å². The van der Waals surface area contributed by atoms with Crippen LogP contribution >= 0.6 is 0 Å². The number of fused-ring (bicyclic) bond motifs is 1. The molecule has 3 unspecified atom stereocenters. The van der Waals surface area contributed by atoms with E-state index in [0.717, 1.165) is 37.5 Å². The Kier molecular flexibility index (Phi) is 11.3. The van der Waals surface area contributed by atoms with Gasteiger partial charge in [-0.3, -0.25) is 14.4 Å². The maximum Gasteiger partial charge on any atom is 0.220 e. The van der Waals surface area contributed by atoms with Crippen LogP contribution in [0.2, 0.25) is 0 Å². The summed E-state index contributed by atoms with van der Waals surface area (Å²) in [7, 11) is 1.00. The lowest BCUT2D eigenvalue weighted by molar-refractivity contribution is -0.132. The van der Waals surface area contributed by atoms with E-state index in [-0.39, 0.29) is 43.2 Å². The van der Waals surface area contributed by atoms with E-state index in [2.05, 4.69) is 11.1 Å². The van der Waals surface area contributed by atoms with Gasteiger partial charge in [0.05, 0.1) is 19.3 Å². The normalized spacial score (nSPS) is 21.6. The number of aromatic hydroxyl groups is 1. The summed E-state index contributed by atoms with van der Waals surface area (Å²) in [6.07, 6.45) is 3.48. The van der Waals surface area contributed by atoms with Crippen molar-refractivity contribution in [3.63, 3.8) is 0 Å². The van der Waals surface area contributed by atoms with Gasteiger partial charge in [0.2, 0.25) is 12.3 Å². The minimum Gasteiger partial charge on any atom is -0.508 e. The average Bonchev–Trinajstić information content (AvgIpc) is 3.56. The lowest BCUT2D eigenvalue weighted by Gasteiger charge is -2.26. The molecule has 0 bridgehead atoms. The van der Waals surface area contributed by atoms with Crippen molar-refractivity contribution in [2.45, 2.75) is 57.6 Å². The number of phenols is 1. The maximum absolute atomic E-state index is 12.7. The van der Waals surface area contributed by atoms with Gasteiger partial charge in [-0.05, 0) is 54.7 Å². The predicted octanol–water partition coefficient (Wildman–Crippen LogP) is 0.459. The number of benzene rings is 1. The third-order valence-electron chi connectivity index (χ3n) is 5.59. The van der Waals surface area contributed by atoms with E-state index in [0.29, 0.717) is 18.6 Å². The molecule has 3 rings (SSSR count). The monoisotopic (exact) mass is 452 g/mol. The van der Waals surface area contributed by atoms with Gasteiger partial charge in [0, 0.05) is 13.5 Å². The standard InChI is InChI=1S/C21H29NO5.CH3NO.CH4O/c1-13(2)8-17(20(26)21(11-23)12-27-21)22-19(25)10-14-6-7-16-15(9-14)4-3-5-18(16)24;2-1-3;1-2/h3-5,13-14,17,23-24H,6-12H2,1-2H3,(H,22,25);1H,(H2,2,3);2H,1H3. The Bertz CT molecular complexity index is 763. The third kappa shape index (κ3) is 7.58. The summed E-state index contributed by atoms with van der Waals surface area (Å²) in [5.41, 5.74) is 5.13. The summed E-state index contributed by atoms with van der Waals surface area (Å²) in [4.78, 5) is 33.9. The number of rotatable bonds is 8. The summed E-state index contributed by atoms with van der Waals surface area (Å²) in [6, 6.07) is 4.90. The van der Waals surface area contributed by atoms with Gasteiger partial charge in [-0.1, -0.05) is 26.0 Å². The van der Waals surface area contributed by atoms with Crippen molar-refractivity contribution in [1.29, 1.82) is 0 Å². The molecule has 180 valence electrons. The Morgan fingerprint density at radius 3 is 2.50 bits per heavy atom. The summed E-state index contributed by atoms with van der Waals surface area (Å²) in [6.45, 7) is 3.86. The first-order valence-corrected chi connectivity index (χ1v) is 10.7. The highest BCUT2D eigenvalue weighted by Crippen LogP contribution is 2.33. The molecule has 0 aromatic heterocycles. The van der Waals surface area contributed by atoms with Crippen LogP contribution in [0, 0.1) is 11.8 Å². The lowest BCUT2D eigenvalue weighted by Crippen LogP contribution is -2.49. The van der Waals surface area contributed by atoms with Crippen molar-refractivity contribution in [2.75, 3.05) is 20.3 Å².